The van der Waals surface area contributed by atoms with Gasteiger partial charge in [-0.3, -0.25) is 4.79 Å². The largest absolute Gasteiger partial charge is 0.425 e. The summed E-state index contributed by atoms with van der Waals surface area (Å²) in [6, 6.07) is 7.90. The molecule has 3 nitrogen and oxygen atoms in total. The first-order valence-corrected chi connectivity index (χ1v) is 10.5. The lowest BCUT2D eigenvalue weighted by atomic mass is 10.0. The van der Waals surface area contributed by atoms with Gasteiger partial charge in [0.15, 0.2) is 0 Å². The number of carbonyl (C=O) groups excluding carboxylic acids is 1. The van der Waals surface area contributed by atoms with Gasteiger partial charge in [-0.1, -0.05) is 64.7 Å². The van der Waals surface area contributed by atoms with E-state index in [0.29, 0.717) is 12.2 Å². The predicted molar refractivity (Wildman–Crippen MR) is 114 cm³/mol. The van der Waals surface area contributed by atoms with Crippen LogP contribution in [0.1, 0.15) is 83.4 Å². The second-order valence-corrected chi connectivity index (χ2v) is 7.00. The van der Waals surface area contributed by atoms with Gasteiger partial charge in [0.25, 0.3) is 0 Å². The first kappa shape index (κ1) is 21.1. The first-order chi connectivity index (χ1) is 13.2. The van der Waals surface area contributed by atoms with Crippen LogP contribution in [0.5, 0.6) is 5.75 Å². The fourth-order valence-corrected chi connectivity index (χ4v) is 3.27. The van der Waals surface area contributed by atoms with Crippen molar-refractivity contribution >= 4 is 22.9 Å². The molecule has 0 unspecified atom stereocenters. The van der Waals surface area contributed by atoms with Gasteiger partial charge in [-0.15, -0.1) is 0 Å². The molecule has 0 spiro atoms. The Balaban J connectivity index is 2.26. The number of rotatable bonds is 11. The van der Waals surface area contributed by atoms with Crippen LogP contribution in [0.25, 0.3) is 17.0 Å². The summed E-state index contributed by atoms with van der Waals surface area (Å²) in [5.74, 6) is 0.513. The summed E-state index contributed by atoms with van der Waals surface area (Å²) >= 11 is 0. The molecule has 0 amide bonds. The number of allylic oxidation sites excluding steroid dienone is 1. The number of ether oxygens (including phenoxy) is 1. The minimum Gasteiger partial charge on any atom is -0.425 e. The molecule has 0 atom stereocenters. The summed E-state index contributed by atoms with van der Waals surface area (Å²) < 4.78 is 5.79. The van der Waals surface area contributed by atoms with Crippen molar-refractivity contribution in [2.45, 2.75) is 78.6 Å². The van der Waals surface area contributed by atoms with Crippen molar-refractivity contribution in [1.29, 1.82) is 0 Å². The molecule has 0 N–H and O–H groups in total. The maximum atomic E-state index is 12.2. The van der Waals surface area contributed by atoms with Crippen molar-refractivity contribution in [1.82, 2.24) is 4.98 Å². The number of hydrogen-bond donors (Lipinski definition) is 0. The average Bonchev–Trinajstić information content (AvgIpc) is 2.67. The highest BCUT2D eigenvalue weighted by Crippen LogP contribution is 2.32. The summed E-state index contributed by atoms with van der Waals surface area (Å²) in [5, 5.41) is 0.913. The number of hydrogen-bond acceptors (Lipinski definition) is 3. The predicted octanol–water partition coefficient (Wildman–Crippen LogP) is 6.88. The highest BCUT2D eigenvalue weighted by Gasteiger charge is 2.16. The molecule has 0 radical (unpaired) electrons. The van der Waals surface area contributed by atoms with Crippen molar-refractivity contribution in [3.8, 4) is 5.75 Å². The molecule has 0 saturated heterocycles. The average molecular weight is 368 g/mol. The molecule has 146 valence electrons. The van der Waals surface area contributed by atoms with E-state index in [-0.39, 0.29) is 5.97 Å². The number of carbonyl (C=O) groups is 1. The normalized spacial score (nSPS) is 11.4. The number of fused-ring (bicyclic) bond motifs is 1. The topological polar surface area (TPSA) is 39.2 Å². The molecule has 1 aromatic heterocycles. The molecule has 2 aromatic rings. The molecule has 0 bridgehead atoms. The van der Waals surface area contributed by atoms with E-state index in [1.54, 1.807) is 0 Å². The smallest absolute Gasteiger partial charge is 0.311 e. The highest BCUT2D eigenvalue weighted by molar-refractivity contribution is 5.90. The Morgan fingerprint density at radius 1 is 1.04 bits per heavy atom. The number of esters is 1. The van der Waals surface area contributed by atoms with Crippen molar-refractivity contribution in [2.24, 2.45) is 0 Å². The molecule has 0 aliphatic heterocycles. The first-order valence-electron chi connectivity index (χ1n) is 10.5. The van der Waals surface area contributed by atoms with Crippen LogP contribution in [-0.4, -0.2) is 11.0 Å². The lowest BCUT2D eigenvalue weighted by Gasteiger charge is -2.14. The fraction of sp³-hybridized carbons (Fsp3) is 0.500. The third kappa shape index (κ3) is 6.20. The third-order valence-corrected chi connectivity index (χ3v) is 4.75. The molecule has 0 saturated carbocycles. The van der Waals surface area contributed by atoms with E-state index in [9.17, 15) is 4.79 Å². The molecule has 1 heterocycles. The monoisotopic (exact) mass is 367 g/mol. The van der Waals surface area contributed by atoms with Crippen LogP contribution in [0.3, 0.4) is 0 Å². The van der Waals surface area contributed by atoms with Crippen LogP contribution in [0, 0.1) is 0 Å². The Kier molecular flexibility index (Phi) is 9.03. The standard InChI is InChI=1S/C24H33NO2/c1-4-7-8-9-10-11-12-17-21-19(6-3)24(27-23(26)15-5-2)20-16-13-14-18-22(20)25-21/h12-14,16-18H,4-11,15H2,1-3H3. The van der Waals surface area contributed by atoms with E-state index in [0.717, 1.165) is 41.4 Å². The number of unbranched alkanes of at least 4 members (excludes halogenated alkanes) is 5. The molecule has 3 heteroatoms. The fourth-order valence-electron chi connectivity index (χ4n) is 3.27. The zero-order chi connectivity index (χ0) is 19.5. The quantitative estimate of drug-likeness (QED) is 0.321. The summed E-state index contributed by atoms with van der Waals surface area (Å²) in [7, 11) is 0. The van der Waals surface area contributed by atoms with Gasteiger partial charge in [0.1, 0.15) is 5.75 Å². The van der Waals surface area contributed by atoms with Crippen molar-refractivity contribution < 1.29 is 9.53 Å². The van der Waals surface area contributed by atoms with Crippen LogP contribution in [0.4, 0.5) is 0 Å². The van der Waals surface area contributed by atoms with Crippen molar-refractivity contribution in [3.05, 3.63) is 41.6 Å². The summed E-state index contributed by atoms with van der Waals surface area (Å²) in [4.78, 5) is 17.0. The molecular formula is C24H33NO2. The van der Waals surface area contributed by atoms with Crippen molar-refractivity contribution in [3.63, 3.8) is 0 Å². The lowest BCUT2D eigenvalue weighted by Crippen LogP contribution is -2.10. The van der Waals surface area contributed by atoms with Crippen LogP contribution in [-0.2, 0) is 11.2 Å². The van der Waals surface area contributed by atoms with Gasteiger partial charge < -0.3 is 4.74 Å². The lowest BCUT2D eigenvalue weighted by molar-refractivity contribution is -0.134. The number of nitrogens with zero attached hydrogens (tertiary/aromatic N) is 1. The molecule has 0 aliphatic rings. The molecule has 0 aliphatic carbocycles. The maximum absolute atomic E-state index is 12.2. The highest BCUT2D eigenvalue weighted by atomic mass is 16.5. The second kappa shape index (κ2) is 11.5. The Morgan fingerprint density at radius 2 is 1.81 bits per heavy atom. The third-order valence-electron chi connectivity index (χ3n) is 4.75. The van der Waals surface area contributed by atoms with Crippen LogP contribution in [0.15, 0.2) is 30.3 Å². The molecule has 0 fully saturated rings. The number of pyridine rings is 1. The van der Waals surface area contributed by atoms with Crippen LogP contribution < -0.4 is 4.74 Å². The minimum atomic E-state index is -0.172. The zero-order valence-corrected chi connectivity index (χ0v) is 17.1. The van der Waals surface area contributed by atoms with E-state index in [1.165, 1.54) is 32.1 Å². The number of para-hydroxylation sites is 1. The summed E-state index contributed by atoms with van der Waals surface area (Å²) in [5.41, 5.74) is 2.81. The molecule has 1 aromatic carbocycles. The zero-order valence-electron chi connectivity index (χ0n) is 17.1. The van der Waals surface area contributed by atoms with E-state index >= 15 is 0 Å². The number of benzene rings is 1. The Bertz CT molecular complexity index is 764. The van der Waals surface area contributed by atoms with Crippen LogP contribution >= 0.6 is 0 Å². The van der Waals surface area contributed by atoms with Gasteiger partial charge in [-0.25, -0.2) is 4.98 Å². The molecule has 2 rings (SSSR count). The molecular weight excluding hydrogens is 334 g/mol. The summed E-state index contributed by atoms with van der Waals surface area (Å²) in [6.45, 7) is 6.31. The van der Waals surface area contributed by atoms with E-state index < -0.39 is 0 Å². The minimum absolute atomic E-state index is 0.172. The van der Waals surface area contributed by atoms with E-state index in [2.05, 4.69) is 26.0 Å². The second-order valence-electron chi connectivity index (χ2n) is 7.00. The number of aromatic nitrogens is 1. The van der Waals surface area contributed by atoms with Gasteiger partial charge in [0, 0.05) is 17.4 Å². The SMILES string of the molecule is CCCCCCCC=Cc1nc2ccccc2c(OC(=O)CCC)c1CC. The summed E-state index contributed by atoms with van der Waals surface area (Å²) in [6.07, 6.45) is 13.8. The molecule has 27 heavy (non-hydrogen) atoms. The Morgan fingerprint density at radius 3 is 2.56 bits per heavy atom. The van der Waals surface area contributed by atoms with Crippen LogP contribution in [0.2, 0.25) is 0 Å². The maximum Gasteiger partial charge on any atom is 0.311 e. The van der Waals surface area contributed by atoms with Gasteiger partial charge >= 0.3 is 5.97 Å². The Hall–Kier alpha value is -2.16. The van der Waals surface area contributed by atoms with Gasteiger partial charge in [0.2, 0.25) is 0 Å². The van der Waals surface area contributed by atoms with Gasteiger partial charge in [0.05, 0.1) is 11.2 Å². The Labute approximate surface area is 163 Å². The van der Waals surface area contributed by atoms with E-state index in [4.69, 9.17) is 9.72 Å². The van der Waals surface area contributed by atoms with Gasteiger partial charge in [-0.2, -0.15) is 0 Å². The van der Waals surface area contributed by atoms with Crippen molar-refractivity contribution in [2.75, 3.05) is 0 Å². The van der Waals surface area contributed by atoms with Gasteiger partial charge in [-0.05, 0) is 43.9 Å². The van der Waals surface area contributed by atoms with E-state index in [1.807, 2.05) is 31.2 Å².